The van der Waals surface area contributed by atoms with E-state index >= 15 is 0 Å². The third-order valence-electron chi connectivity index (χ3n) is 5.04. The number of hydrogen-bond acceptors (Lipinski definition) is 4. The molecule has 0 unspecified atom stereocenters. The number of esters is 1. The minimum absolute atomic E-state index is 0.0409. The number of ether oxygens (including phenoxy) is 2. The van der Waals surface area contributed by atoms with Gasteiger partial charge in [-0.25, -0.2) is 9.59 Å². The molecule has 1 atom stereocenters. The first-order valence-corrected chi connectivity index (χ1v) is 10.7. The van der Waals surface area contributed by atoms with Gasteiger partial charge in [0.2, 0.25) is 0 Å². The van der Waals surface area contributed by atoms with Crippen LogP contribution in [0.3, 0.4) is 0 Å². The van der Waals surface area contributed by atoms with Crippen LogP contribution in [0.1, 0.15) is 36.6 Å². The normalized spacial score (nSPS) is 16.2. The number of halogens is 1. The second-order valence-electron chi connectivity index (χ2n) is 7.34. The molecule has 0 radical (unpaired) electrons. The second kappa shape index (κ2) is 9.88. The number of nitrogens with zero attached hydrogens (tertiary/aromatic N) is 1. The van der Waals surface area contributed by atoms with Crippen molar-refractivity contribution in [1.29, 1.82) is 0 Å². The third-order valence-corrected chi connectivity index (χ3v) is 5.38. The number of benzene rings is 2. The van der Waals surface area contributed by atoms with Gasteiger partial charge in [-0.3, -0.25) is 4.90 Å². The summed E-state index contributed by atoms with van der Waals surface area (Å²) in [6.07, 6.45) is 0. The molecule has 164 valence electrons. The Balaban J connectivity index is 2.09. The predicted molar refractivity (Wildman–Crippen MR) is 120 cm³/mol. The van der Waals surface area contributed by atoms with E-state index in [2.05, 4.69) is 11.4 Å². The Bertz CT molecular complexity index is 998. The van der Waals surface area contributed by atoms with Gasteiger partial charge in [-0.1, -0.05) is 35.9 Å². The van der Waals surface area contributed by atoms with Crippen molar-refractivity contribution < 1.29 is 19.1 Å². The van der Waals surface area contributed by atoms with E-state index in [-0.39, 0.29) is 19.2 Å². The van der Waals surface area contributed by atoms with E-state index in [1.54, 1.807) is 25.1 Å². The van der Waals surface area contributed by atoms with Gasteiger partial charge in [-0.2, -0.15) is 0 Å². The molecule has 1 aliphatic heterocycles. The fourth-order valence-electron chi connectivity index (χ4n) is 3.75. The third kappa shape index (κ3) is 5.02. The van der Waals surface area contributed by atoms with E-state index in [1.807, 2.05) is 39.0 Å². The molecule has 0 fully saturated rings. The van der Waals surface area contributed by atoms with Crippen molar-refractivity contribution in [1.82, 2.24) is 10.2 Å². The number of hydrogen-bond donors (Lipinski definition) is 1. The van der Waals surface area contributed by atoms with Crippen molar-refractivity contribution >= 4 is 23.6 Å². The maximum Gasteiger partial charge on any atom is 0.338 e. The Hall–Kier alpha value is -2.99. The fourth-order valence-corrected chi connectivity index (χ4v) is 4.00. The van der Waals surface area contributed by atoms with E-state index in [4.69, 9.17) is 21.1 Å². The number of nitrogens with one attached hydrogen (secondary N) is 1. The molecule has 0 aromatic heterocycles. The van der Waals surface area contributed by atoms with Gasteiger partial charge in [-0.05, 0) is 62.6 Å². The van der Waals surface area contributed by atoms with Crippen molar-refractivity contribution in [2.24, 2.45) is 0 Å². The highest BCUT2D eigenvalue weighted by molar-refractivity contribution is 6.31. The zero-order valence-electron chi connectivity index (χ0n) is 18.2. The topological polar surface area (TPSA) is 67.9 Å². The van der Waals surface area contributed by atoms with Gasteiger partial charge >= 0.3 is 12.0 Å². The van der Waals surface area contributed by atoms with Crippen molar-refractivity contribution in [2.75, 3.05) is 19.8 Å². The van der Waals surface area contributed by atoms with E-state index in [1.165, 1.54) is 4.90 Å². The molecule has 0 aliphatic carbocycles. The molecule has 6 nitrogen and oxygen atoms in total. The standard InChI is InChI=1S/C24H27ClN2O4/c1-5-27-20(14-31-17-12-15(3)11-16(4)13-17)21(23(28)30-6-2)22(26-24(27)29)18-9-7-8-10-19(18)25/h7-13,22H,5-6,14H2,1-4H3,(H,26,29)/t22-/m1/s1. The summed E-state index contributed by atoms with van der Waals surface area (Å²) < 4.78 is 11.4. The summed E-state index contributed by atoms with van der Waals surface area (Å²) in [6, 6.07) is 12.0. The number of carbonyl (C=O) groups is 2. The van der Waals surface area contributed by atoms with Crippen molar-refractivity contribution in [2.45, 2.75) is 33.7 Å². The number of urea groups is 1. The number of amides is 2. The van der Waals surface area contributed by atoms with Crippen molar-refractivity contribution in [3.05, 3.63) is 75.4 Å². The second-order valence-corrected chi connectivity index (χ2v) is 7.75. The van der Waals surface area contributed by atoms with Gasteiger partial charge in [0.25, 0.3) is 0 Å². The van der Waals surface area contributed by atoms with Crippen LogP contribution in [0.25, 0.3) is 0 Å². The van der Waals surface area contributed by atoms with Crippen LogP contribution in [-0.4, -0.2) is 36.7 Å². The summed E-state index contributed by atoms with van der Waals surface area (Å²) in [5, 5.41) is 3.35. The molecule has 0 saturated carbocycles. The summed E-state index contributed by atoms with van der Waals surface area (Å²) >= 11 is 6.41. The van der Waals surface area contributed by atoms with Gasteiger partial charge in [0.15, 0.2) is 0 Å². The molecule has 0 bridgehead atoms. The molecule has 1 N–H and O–H groups in total. The Kier molecular flexibility index (Phi) is 7.23. The van der Waals surface area contributed by atoms with Crippen LogP contribution in [0.4, 0.5) is 4.79 Å². The Morgan fingerprint density at radius 2 is 1.81 bits per heavy atom. The van der Waals surface area contributed by atoms with Gasteiger partial charge in [0.1, 0.15) is 12.4 Å². The molecular formula is C24H27ClN2O4. The lowest BCUT2D eigenvalue weighted by atomic mass is 9.94. The van der Waals surface area contributed by atoms with Crippen molar-refractivity contribution in [3.63, 3.8) is 0 Å². The van der Waals surface area contributed by atoms with E-state index < -0.39 is 12.0 Å². The number of aryl methyl sites for hydroxylation is 2. The lowest BCUT2D eigenvalue weighted by Crippen LogP contribution is -2.49. The SMILES string of the molecule is CCOC(=O)C1=C(COc2cc(C)cc(C)c2)N(CC)C(=O)N[C@@H]1c1ccccc1Cl. The molecule has 2 aromatic rings. The average molecular weight is 443 g/mol. The molecule has 0 saturated heterocycles. The first-order valence-electron chi connectivity index (χ1n) is 10.3. The first kappa shape index (κ1) is 22.7. The molecular weight excluding hydrogens is 416 g/mol. The molecule has 7 heteroatoms. The van der Waals surface area contributed by atoms with Gasteiger partial charge in [-0.15, -0.1) is 0 Å². The molecule has 31 heavy (non-hydrogen) atoms. The zero-order valence-corrected chi connectivity index (χ0v) is 19.0. The highest BCUT2D eigenvalue weighted by Gasteiger charge is 2.38. The number of carbonyl (C=O) groups excluding carboxylic acids is 2. The lowest BCUT2D eigenvalue weighted by Gasteiger charge is -2.36. The number of rotatable bonds is 7. The molecule has 0 spiro atoms. The van der Waals surface area contributed by atoms with Crippen LogP contribution < -0.4 is 10.1 Å². The highest BCUT2D eigenvalue weighted by atomic mass is 35.5. The van der Waals surface area contributed by atoms with Crippen LogP contribution in [0.2, 0.25) is 5.02 Å². The predicted octanol–water partition coefficient (Wildman–Crippen LogP) is 4.94. The maximum atomic E-state index is 13.0. The quantitative estimate of drug-likeness (QED) is 0.617. The van der Waals surface area contributed by atoms with Crippen LogP contribution in [0, 0.1) is 13.8 Å². The lowest BCUT2D eigenvalue weighted by molar-refractivity contribution is -0.139. The molecule has 1 heterocycles. The highest BCUT2D eigenvalue weighted by Crippen LogP contribution is 2.35. The fraction of sp³-hybridized carbons (Fsp3) is 0.333. The molecule has 3 rings (SSSR count). The monoisotopic (exact) mass is 442 g/mol. The van der Waals surface area contributed by atoms with Crippen LogP contribution in [0.5, 0.6) is 5.75 Å². The molecule has 1 aliphatic rings. The summed E-state index contributed by atoms with van der Waals surface area (Å²) in [5.41, 5.74) is 3.55. The van der Waals surface area contributed by atoms with E-state index in [0.717, 1.165) is 11.1 Å². The van der Waals surface area contributed by atoms with Gasteiger partial charge in [0.05, 0.1) is 23.9 Å². The van der Waals surface area contributed by atoms with Gasteiger partial charge < -0.3 is 14.8 Å². The van der Waals surface area contributed by atoms with Crippen LogP contribution in [-0.2, 0) is 9.53 Å². The Labute approximate surface area is 187 Å². The molecule has 2 aromatic carbocycles. The van der Waals surface area contributed by atoms with E-state index in [0.29, 0.717) is 34.2 Å². The first-order chi connectivity index (χ1) is 14.8. The number of likely N-dealkylation sites (N-methyl/N-ethyl adjacent to an activating group) is 1. The Morgan fingerprint density at radius 3 is 2.42 bits per heavy atom. The average Bonchev–Trinajstić information content (AvgIpc) is 2.71. The summed E-state index contributed by atoms with van der Waals surface area (Å²) in [6.45, 7) is 8.19. The largest absolute Gasteiger partial charge is 0.487 e. The Morgan fingerprint density at radius 1 is 1.13 bits per heavy atom. The summed E-state index contributed by atoms with van der Waals surface area (Å²) in [4.78, 5) is 27.4. The maximum absolute atomic E-state index is 13.0. The van der Waals surface area contributed by atoms with E-state index in [9.17, 15) is 9.59 Å². The molecule has 2 amide bonds. The summed E-state index contributed by atoms with van der Waals surface area (Å²) in [5.74, 6) is 0.162. The van der Waals surface area contributed by atoms with Crippen LogP contribution in [0.15, 0.2) is 53.7 Å². The smallest absolute Gasteiger partial charge is 0.338 e. The van der Waals surface area contributed by atoms with Crippen molar-refractivity contribution in [3.8, 4) is 5.75 Å². The minimum atomic E-state index is -0.735. The zero-order chi connectivity index (χ0) is 22.5. The summed E-state index contributed by atoms with van der Waals surface area (Å²) in [7, 11) is 0. The van der Waals surface area contributed by atoms with Gasteiger partial charge in [0, 0.05) is 11.6 Å². The van der Waals surface area contributed by atoms with Crippen LogP contribution >= 0.6 is 11.6 Å². The minimum Gasteiger partial charge on any atom is -0.487 e.